The van der Waals surface area contributed by atoms with E-state index in [4.69, 9.17) is 15.2 Å². The molecule has 1 aromatic carbocycles. The molecule has 0 aliphatic rings. The predicted molar refractivity (Wildman–Crippen MR) is 84.8 cm³/mol. The number of anilines is 1. The second kappa shape index (κ2) is 5.44. The molecular formula is C14H21N3O2S. The van der Waals surface area contributed by atoms with E-state index in [-0.39, 0.29) is 4.75 Å². The number of thioether (sulfide) groups is 1. The number of fused-ring (bicyclic) bond motifs is 1. The molecule has 0 radical (unpaired) electrons. The van der Waals surface area contributed by atoms with Crippen LogP contribution in [0.2, 0.25) is 0 Å². The van der Waals surface area contributed by atoms with Gasteiger partial charge < -0.3 is 19.8 Å². The minimum absolute atomic E-state index is 0.0783. The summed E-state index contributed by atoms with van der Waals surface area (Å²) in [7, 11) is 3.24. The highest BCUT2D eigenvalue weighted by Gasteiger charge is 2.21. The molecule has 0 unspecified atom stereocenters. The summed E-state index contributed by atoms with van der Waals surface area (Å²) < 4.78 is 12.7. The van der Waals surface area contributed by atoms with E-state index in [1.807, 2.05) is 16.7 Å². The predicted octanol–water partition coefficient (Wildman–Crippen LogP) is 2.78. The highest BCUT2D eigenvalue weighted by molar-refractivity contribution is 7.99. The molecule has 5 nitrogen and oxygen atoms in total. The van der Waals surface area contributed by atoms with Gasteiger partial charge in [0.2, 0.25) is 5.95 Å². The van der Waals surface area contributed by atoms with Gasteiger partial charge in [0, 0.05) is 23.4 Å². The van der Waals surface area contributed by atoms with Crippen molar-refractivity contribution >= 4 is 28.7 Å². The van der Waals surface area contributed by atoms with Crippen molar-refractivity contribution in [3.8, 4) is 11.5 Å². The first-order valence-corrected chi connectivity index (χ1v) is 7.57. The molecule has 6 heteroatoms. The zero-order valence-electron chi connectivity index (χ0n) is 12.6. The lowest BCUT2D eigenvalue weighted by atomic mass is 10.2. The number of nitrogens with two attached hydrogens (primary N) is 1. The highest BCUT2D eigenvalue weighted by atomic mass is 32.2. The highest BCUT2D eigenvalue weighted by Crippen LogP contribution is 2.34. The van der Waals surface area contributed by atoms with Crippen molar-refractivity contribution in [1.29, 1.82) is 0 Å². The van der Waals surface area contributed by atoms with E-state index >= 15 is 0 Å². The van der Waals surface area contributed by atoms with Crippen LogP contribution in [0.4, 0.5) is 5.95 Å². The molecule has 0 aliphatic carbocycles. The summed E-state index contributed by atoms with van der Waals surface area (Å²) in [5, 5.41) is 0. The molecule has 0 aliphatic heterocycles. The minimum Gasteiger partial charge on any atom is -0.493 e. The molecule has 0 saturated carbocycles. The van der Waals surface area contributed by atoms with Crippen LogP contribution in [0.3, 0.4) is 0 Å². The number of nitrogens with zero attached hydrogens (tertiary/aromatic N) is 2. The van der Waals surface area contributed by atoms with Gasteiger partial charge in [0.1, 0.15) is 0 Å². The zero-order chi connectivity index (χ0) is 14.9. The van der Waals surface area contributed by atoms with E-state index < -0.39 is 0 Å². The average Bonchev–Trinajstić information content (AvgIpc) is 2.72. The SMILES string of the molecule is COc1cc2nc(N)n(CC(C)(C)SC)c2cc1OC. The maximum absolute atomic E-state index is 6.06. The lowest BCUT2D eigenvalue weighted by Gasteiger charge is -2.23. The number of methoxy groups -OCH3 is 2. The second-order valence-electron chi connectivity index (χ2n) is 5.22. The lowest BCUT2D eigenvalue weighted by molar-refractivity contribution is 0.355. The monoisotopic (exact) mass is 295 g/mol. The number of hydrogen-bond acceptors (Lipinski definition) is 5. The summed E-state index contributed by atoms with van der Waals surface area (Å²) in [4.78, 5) is 4.41. The van der Waals surface area contributed by atoms with E-state index in [9.17, 15) is 0 Å². The fourth-order valence-electron chi connectivity index (χ4n) is 2.08. The van der Waals surface area contributed by atoms with Crippen molar-refractivity contribution in [3.05, 3.63) is 12.1 Å². The molecular weight excluding hydrogens is 274 g/mol. The van der Waals surface area contributed by atoms with Crippen LogP contribution in [-0.2, 0) is 6.54 Å². The summed E-state index contributed by atoms with van der Waals surface area (Å²) in [6, 6.07) is 3.78. The number of benzene rings is 1. The van der Waals surface area contributed by atoms with Crippen LogP contribution in [0.5, 0.6) is 11.5 Å². The molecule has 0 amide bonds. The van der Waals surface area contributed by atoms with Crippen LogP contribution in [0.15, 0.2) is 12.1 Å². The van der Waals surface area contributed by atoms with Gasteiger partial charge in [0.25, 0.3) is 0 Å². The van der Waals surface area contributed by atoms with Gasteiger partial charge in [-0.05, 0) is 20.1 Å². The number of nitrogen functional groups attached to an aromatic ring is 1. The molecule has 1 heterocycles. The first kappa shape index (κ1) is 14.8. The van der Waals surface area contributed by atoms with E-state index in [1.165, 1.54) is 0 Å². The summed E-state index contributed by atoms with van der Waals surface area (Å²) >= 11 is 1.80. The Morgan fingerprint density at radius 1 is 1.25 bits per heavy atom. The van der Waals surface area contributed by atoms with E-state index in [1.54, 1.807) is 26.0 Å². The Hall–Kier alpha value is -1.56. The van der Waals surface area contributed by atoms with E-state index in [0.29, 0.717) is 17.4 Å². The molecule has 0 fully saturated rings. The number of rotatable bonds is 5. The first-order valence-electron chi connectivity index (χ1n) is 6.34. The van der Waals surface area contributed by atoms with Crippen LogP contribution in [-0.4, -0.2) is 34.8 Å². The molecule has 2 rings (SSSR count). The Bertz CT molecular complexity index is 622. The van der Waals surface area contributed by atoms with Gasteiger partial charge in [-0.3, -0.25) is 0 Å². The Balaban J connectivity index is 2.58. The molecule has 0 saturated heterocycles. The van der Waals surface area contributed by atoms with Gasteiger partial charge in [-0.1, -0.05) is 0 Å². The van der Waals surface area contributed by atoms with Crippen LogP contribution in [0, 0.1) is 0 Å². The number of imidazole rings is 1. The molecule has 0 atom stereocenters. The van der Waals surface area contributed by atoms with Gasteiger partial charge in [-0.2, -0.15) is 11.8 Å². The average molecular weight is 295 g/mol. The van der Waals surface area contributed by atoms with Crippen molar-refractivity contribution in [2.24, 2.45) is 0 Å². The molecule has 2 aromatic rings. The van der Waals surface area contributed by atoms with Crippen LogP contribution < -0.4 is 15.2 Å². The summed E-state index contributed by atoms with van der Waals surface area (Å²) in [6.07, 6.45) is 2.10. The maximum Gasteiger partial charge on any atom is 0.201 e. The van der Waals surface area contributed by atoms with Crippen molar-refractivity contribution in [2.75, 3.05) is 26.2 Å². The van der Waals surface area contributed by atoms with E-state index in [2.05, 4.69) is 25.1 Å². The van der Waals surface area contributed by atoms with Crippen molar-refractivity contribution in [3.63, 3.8) is 0 Å². The van der Waals surface area contributed by atoms with Gasteiger partial charge in [0.15, 0.2) is 11.5 Å². The number of ether oxygens (including phenoxy) is 2. The molecule has 2 N–H and O–H groups in total. The lowest BCUT2D eigenvalue weighted by Crippen LogP contribution is -2.23. The minimum atomic E-state index is 0.0783. The quantitative estimate of drug-likeness (QED) is 0.919. The summed E-state index contributed by atoms with van der Waals surface area (Å²) in [5.41, 5.74) is 7.84. The molecule has 110 valence electrons. The molecule has 20 heavy (non-hydrogen) atoms. The summed E-state index contributed by atoms with van der Waals surface area (Å²) in [6.45, 7) is 5.15. The Kier molecular flexibility index (Phi) is 4.04. The fraction of sp³-hybridized carbons (Fsp3) is 0.500. The van der Waals surface area contributed by atoms with Crippen LogP contribution in [0.25, 0.3) is 11.0 Å². The Morgan fingerprint density at radius 3 is 2.40 bits per heavy atom. The van der Waals surface area contributed by atoms with Gasteiger partial charge in [0.05, 0.1) is 25.3 Å². The van der Waals surface area contributed by atoms with Crippen LogP contribution in [0.1, 0.15) is 13.8 Å². The van der Waals surface area contributed by atoms with Gasteiger partial charge in [-0.15, -0.1) is 0 Å². The molecule has 0 spiro atoms. The molecule has 0 bridgehead atoms. The third-order valence-corrected chi connectivity index (χ3v) is 4.61. The Morgan fingerprint density at radius 2 is 1.85 bits per heavy atom. The van der Waals surface area contributed by atoms with Crippen molar-refractivity contribution in [2.45, 2.75) is 25.1 Å². The maximum atomic E-state index is 6.06. The summed E-state index contributed by atoms with van der Waals surface area (Å²) in [5.74, 6) is 1.86. The number of hydrogen-bond donors (Lipinski definition) is 1. The number of aromatic nitrogens is 2. The topological polar surface area (TPSA) is 62.3 Å². The third-order valence-electron chi connectivity index (χ3n) is 3.37. The molecule has 1 aromatic heterocycles. The van der Waals surface area contributed by atoms with Crippen molar-refractivity contribution in [1.82, 2.24) is 9.55 Å². The smallest absolute Gasteiger partial charge is 0.201 e. The van der Waals surface area contributed by atoms with Crippen LogP contribution >= 0.6 is 11.8 Å². The van der Waals surface area contributed by atoms with Crippen molar-refractivity contribution < 1.29 is 9.47 Å². The standard InChI is InChI=1S/C14H21N3O2S/c1-14(2,20-5)8-17-10-7-12(19-4)11(18-3)6-9(10)16-13(17)15/h6-7H,8H2,1-5H3,(H2,15,16). The third kappa shape index (κ3) is 2.65. The van der Waals surface area contributed by atoms with Gasteiger partial charge in [-0.25, -0.2) is 4.98 Å². The largest absolute Gasteiger partial charge is 0.493 e. The van der Waals surface area contributed by atoms with Gasteiger partial charge >= 0.3 is 0 Å². The fourth-order valence-corrected chi connectivity index (χ4v) is 2.34. The van der Waals surface area contributed by atoms with E-state index in [0.717, 1.165) is 17.6 Å². The normalized spacial score (nSPS) is 11.8. The first-order chi connectivity index (χ1) is 9.41. The second-order valence-corrected chi connectivity index (χ2v) is 6.73. The zero-order valence-corrected chi connectivity index (χ0v) is 13.4. The Labute approximate surface area is 123 Å².